The Balaban J connectivity index is 2.00. The molecule has 0 fully saturated rings. The van der Waals surface area contributed by atoms with E-state index in [1.54, 1.807) is 18.2 Å². The summed E-state index contributed by atoms with van der Waals surface area (Å²) in [5.74, 6) is 0.438. The SMILES string of the molecule is CCOc1ccc(C(=O)NCc2ccccc2)cc1Cl. The minimum Gasteiger partial charge on any atom is -0.492 e. The second-order valence-corrected chi connectivity index (χ2v) is 4.65. The summed E-state index contributed by atoms with van der Waals surface area (Å²) >= 11 is 6.06. The van der Waals surface area contributed by atoms with E-state index in [9.17, 15) is 4.79 Å². The molecule has 4 heteroatoms. The molecule has 0 bridgehead atoms. The predicted molar refractivity (Wildman–Crippen MR) is 80.2 cm³/mol. The smallest absolute Gasteiger partial charge is 0.251 e. The molecule has 0 aliphatic carbocycles. The first kappa shape index (κ1) is 14.4. The van der Waals surface area contributed by atoms with E-state index in [-0.39, 0.29) is 5.91 Å². The molecule has 2 rings (SSSR count). The summed E-state index contributed by atoms with van der Waals surface area (Å²) in [6, 6.07) is 14.8. The topological polar surface area (TPSA) is 38.3 Å². The molecule has 0 atom stereocenters. The molecule has 0 unspecified atom stereocenters. The van der Waals surface area contributed by atoms with Crippen molar-refractivity contribution in [1.29, 1.82) is 0 Å². The third kappa shape index (κ3) is 3.75. The molecule has 0 radical (unpaired) electrons. The lowest BCUT2D eigenvalue weighted by Gasteiger charge is -2.08. The van der Waals surface area contributed by atoms with Crippen LogP contribution in [0, 0.1) is 0 Å². The van der Waals surface area contributed by atoms with Crippen LogP contribution in [0.4, 0.5) is 0 Å². The van der Waals surface area contributed by atoms with E-state index in [1.807, 2.05) is 37.3 Å². The summed E-state index contributed by atoms with van der Waals surface area (Å²) in [6.45, 7) is 2.92. The van der Waals surface area contributed by atoms with Gasteiger partial charge < -0.3 is 10.1 Å². The Kier molecular flexibility index (Phi) is 5.02. The molecule has 0 heterocycles. The zero-order chi connectivity index (χ0) is 14.4. The molecule has 3 nitrogen and oxygen atoms in total. The van der Waals surface area contributed by atoms with Gasteiger partial charge in [-0.25, -0.2) is 0 Å². The summed E-state index contributed by atoms with van der Waals surface area (Å²) in [5.41, 5.74) is 1.58. The normalized spacial score (nSPS) is 10.1. The van der Waals surface area contributed by atoms with E-state index in [1.165, 1.54) is 0 Å². The van der Waals surface area contributed by atoms with Crippen molar-refractivity contribution in [2.75, 3.05) is 6.61 Å². The van der Waals surface area contributed by atoms with Gasteiger partial charge in [0.15, 0.2) is 0 Å². The van der Waals surface area contributed by atoms with Crippen molar-refractivity contribution in [3.8, 4) is 5.75 Å². The van der Waals surface area contributed by atoms with Crippen molar-refractivity contribution >= 4 is 17.5 Å². The minimum absolute atomic E-state index is 0.154. The molecule has 0 aliphatic rings. The average molecular weight is 290 g/mol. The van der Waals surface area contributed by atoms with Gasteiger partial charge in [0, 0.05) is 12.1 Å². The van der Waals surface area contributed by atoms with E-state index in [4.69, 9.17) is 16.3 Å². The fraction of sp³-hybridized carbons (Fsp3) is 0.188. The average Bonchev–Trinajstić information content (AvgIpc) is 2.48. The Labute approximate surface area is 123 Å². The molecule has 0 aromatic heterocycles. The van der Waals surface area contributed by atoms with Crippen molar-refractivity contribution in [3.63, 3.8) is 0 Å². The van der Waals surface area contributed by atoms with Crippen LogP contribution in [-0.4, -0.2) is 12.5 Å². The maximum Gasteiger partial charge on any atom is 0.251 e. The highest BCUT2D eigenvalue weighted by molar-refractivity contribution is 6.32. The molecule has 2 aromatic carbocycles. The number of halogens is 1. The second kappa shape index (κ2) is 6.96. The van der Waals surface area contributed by atoms with E-state index < -0.39 is 0 Å². The van der Waals surface area contributed by atoms with Gasteiger partial charge in [-0.3, -0.25) is 4.79 Å². The molecule has 1 N–H and O–H groups in total. The zero-order valence-corrected chi connectivity index (χ0v) is 12.0. The van der Waals surface area contributed by atoms with Gasteiger partial charge in [-0.1, -0.05) is 41.9 Å². The molecule has 0 saturated carbocycles. The second-order valence-electron chi connectivity index (χ2n) is 4.25. The summed E-state index contributed by atoms with van der Waals surface area (Å²) in [5, 5.41) is 3.30. The van der Waals surface area contributed by atoms with Crippen LogP contribution in [0.5, 0.6) is 5.75 Å². The van der Waals surface area contributed by atoms with Crippen molar-refractivity contribution in [3.05, 3.63) is 64.7 Å². The minimum atomic E-state index is -0.154. The lowest BCUT2D eigenvalue weighted by atomic mass is 10.2. The van der Waals surface area contributed by atoms with Crippen LogP contribution in [0.3, 0.4) is 0 Å². The van der Waals surface area contributed by atoms with Crippen molar-refractivity contribution in [1.82, 2.24) is 5.32 Å². The first-order chi connectivity index (χ1) is 9.70. The number of hydrogen-bond acceptors (Lipinski definition) is 2. The predicted octanol–water partition coefficient (Wildman–Crippen LogP) is 3.67. The zero-order valence-electron chi connectivity index (χ0n) is 11.2. The third-order valence-corrected chi connectivity index (χ3v) is 3.09. The lowest BCUT2D eigenvalue weighted by molar-refractivity contribution is 0.0951. The number of amides is 1. The molecular formula is C16H16ClNO2. The Morgan fingerprint density at radius 1 is 1.20 bits per heavy atom. The lowest BCUT2D eigenvalue weighted by Crippen LogP contribution is -2.22. The Morgan fingerprint density at radius 3 is 2.60 bits per heavy atom. The van der Waals surface area contributed by atoms with Gasteiger partial charge in [0.05, 0.1) is 11.6 Å². The summed E-state index contributed by atoms with van der Waals surface area (Å²) < 4.78 is 5.34. The van der Waals surface area contributed by atoms with Crippen molar-refractivity contribution in [2.24, 2.45) is 0 Å². The van der Waals surface area contributed by atoms with Gasteiger partial charge in [0.2, 0.25) is 0 Å². The van der Waals surface area contributed by atoms with Crippen molar-refractivity contribution in [2.45, 2.75) is 13.5 Å². The molecule has 0 aliphatic heterocycles. The highest BCUT2D eigenvalue weighted by Gasteiger charge is 2.09. The number of ether oxygens (including phenoxy) is 1. The van der Waals surface area contributed by atoms with Crippen LogP contribution < -0.4 is 10.1 Å². The summed E-state index contributed by atoms with van der Waals surface area (Å²) in [7, 11) is 0. The van der Waals surface area contributed by atoms with Gasteiger partial charge in [-0.2, -0.15) is 0 Å². The molecule has 20 heavy (non-hydrogen) atoms. The maximum absolute atomic E-state index is 12.0. The Bertz CT molecular complexity index is 584. The van der Waals surface area contributed by atoms with Crippen LogP contribution in [0.25, 0.3) is 0 Å². The molecule has 2 aromatic rings. The highest BCUT2D eigenvalue weighted by atomic mass is 35.5. The summed E-state index contributed by atoms with van der Waals surface area (Å²) in [4.78, 5) is 12.0. The van der Waals surface area contributed by atoms with Crippen molar-refractivity contribution < 1.29 is 9.53 Å². The van der Waals surface area contributed by atoms with Crippen LogP contribution in [0.2, 0.25) is 5.02 Å². The maximum atomic E-state index is 12.0. The largest absolute Gasteiger partial charge is 0.492 e. The monoisotopic (exact) mass is 289 g/mol. The van der Waals surface area contributed by atoms with Gasteiger partial charge in [-0.15, -0.1) is 0 Å². The first-order valence-corrected chi connectivity index (χ1v) is 6.83. The highest BCUT2D eigenvalue weighted by Crippen LogP contribution is 2.25. The Hall–Kier alpha value is -2.00. The van der Waals surface area contributed by atoms with Gasteiger partial charge in [0.1, 0.15) is 5.75 Å². The van der Waals surface area contributed by atoms with Crippen LogP contribution in [0.15, 0.2) is 48.5 Å². The number of rotatable bonds is 5. The van der Waals surface area contributed by atoms with Gasteiger partial charge in [-0.05, 0) is 30.7 Å². The number of carbonyl (C=O) groups is 1. The van der Waals surface area contributed by atoms with E-state index in [0.717, 1.165) is 5.56 Å². The van der Waals surface area contributed by atoms with Crippen LogP contribution in [-0.2, 0) is 6.54 Å². The number of nitrogens with one attached hydrogen (secondary N) is 1. The fourth-order valence-corrected chi connectivity index (χ4v) is 2.03. The van der Waals surface area contributed by atoms with Crippen LogP contribution in [0.1, 0.15) is 22.8 Å². The number of carbonyl (C=O) groups excluding carboxylic acids is 1. The summed E-state index contributed by atoms with van der Waals surface area (Å²) in [6.07, 6.45) is 0. The van der Waals surface area contributed by atoms with E-state index >= 15 is 0 Å². The van der Waals surface area contributed by atoms with Crippen LogP contribution >= 0.6 is 11.6 Å². The third-order valence-electron chi connectivity index (χ3n) is 2.79. The standard InChI is InChI=1S/C16H16ClNO2/c1-2-20-15-9-8-13(10-14(15)17)16(19)18-11-12-6-4-3-5-7-12/h3-10H,2,11H2,1H3,(H,18,19). The molecule has 104 valence electrons. The Morgan fingerprint density at radius 2 is 1.95 bits per heavy atom. The number of hydrogen-bond donors (Lipinski definition) is 1. The van der Waals surface area contributed by atoms with Gasteiger partial charge >= 0.3 is 0 Å². The quantitative estimate of drug-likeness (QED) is 0.912. The fourth-order valence-electron chi connectivity index (χ4n) is 1.79. The van der Waals surface area contributed by atoms with Gasteiger partial charge in [0.25, 0.3) is 5.91 Å². The van der Waals surface area contributed by atoms with E-state index in [0.29, 0.717) is 29.5 Å². The molecular weight excluding hydrogens is 274 g/mol. The van der Waals surface area contributed by atoms with E-state index in [2.05, 4.69) is 5.32 Å². The molecule has 1 amide bonds. The molecule has 0 saturated heterocycles. The first-order valence-electron chi connectivity index (χ1n) is 6.45. The molecule has 0 spiro atoms. The number of benzene rings is 2.